The SMILES string of the molecule is CCOC(=O)Cc1[nH]c(C(F)F)cc(=O)c1CBr. The Kier molecular flexibility index (Phi) is 5.46. The highest BCUT2D eigenvalue weighted by Gasteiger charge is 2.16. The van der Waals surface area contributed by atoms with Gasteiger partial charge in [0, 0.05) is 22.7 Å². The second-order valence-electron chi connectivity index (χ2n) is 3.46. The number of pyridine rings is 1. The van der Waals surface area contributed by atoms with Gasteiger partial charge in [0.15, 0.2) is 5.43 Å². The molecule has 0 amide bonds. The number of aromatic nitrogens is 1. The van der Waals surface area contributed by atoms with Gasteiger partial charge in [0.05, 0.1) is 18.7 Å². The Hall–Kier alpha value is -1.24. The van der Waals surface area contributed by atoms with Gasteiger partial charge in [-0.3, -0.25) is 9.59 Å². The van der Waals surface area contributed by atoms with Crippen LogP contribution >= 0.6 is 15.9 Å². The maximum absolute atomic E-state index is 12.6. The van der Waals surface area contributed by atoms with Crippen molar-refractivity contribution in [2.75, 3.05) is 6.61 Å². The van der Waals surface area contributed by atoms with Crippen LogP contribution in [0.15, 0.2) is 10.9 Å². The van der Waals surface area contributed by atoms with Gasteiger partial charge >= 0.3 is 5.97 Å². The van der Waals surface area contributed by atoms with Crippen LogP contribution in [0.1, 0.15) is 30.3 Å². The second-order valence-corrected chi connectivity index (χ2v) is 4.02. The Balaban J connectivity index is 3.14. The van der Waals surface area contributed by atoms with Crippen LogP contribution in [0.25, 0.3) is 0 Å². The lowest BCUT2D eigenvalue weighted by Gasteiger charge is -2.09. The summed E-state index contributed by atoms with van der Waals surface area (Å²) in [6, 6.07) is 0.843. The van der Waals surface area contributed by atoms with Crippen LogP contribution < -0.4 is 5.43 Å². The summed E-state index contributed by atoms with van der Waals surface area (Å²) >= 11 is 3.09. The fourth-order valence-electron chi connectivity index (χ4n) is 1.43. The molecule has 0 radical (unpaired) electrons. The molecule has 18 heavy (non-hydrogen) atoms. The van der Waals surface area contributed by atoms with Crippen LogP contribution in [0.2, 0.25) is 0 Å². The van der Waals surface area contributed by atoms with E-state index in [0.717, 1.165) is 6.07 Å². The quantitative estimate of drug-likeness (QED) is 0.668. The van der Waals surface area contributed by atoms with Crippen molar-refractivity contribution < 1.29 is 18.3 Å². The molecule has 0 bridgehead atoms. The molecule has 1 aromatic heterocycles. The number of nitrogens with one attached hydrogen (secondary N) is 1. The predicted molar refractivity (Wildman–Crippen MR) is 65.0 cm³/mol. The fraction of sp³-hybridized carbons (Fsp3) is 0.455. The average molecular weight is 324 g/mol. The molecule has 0 unspecified atom stereocenters. The number of alkyl halides is 3. The first-order chi connectivity index (χ1) is 8.49. The van der Waals surface area contributed by atoms with Gasteiger partial charge in [0.2, 0.25) is 0 Å². The van der Waals surface area contributed by atoms with Crippen molar-refractivity contribution in [2.45, 2.75) is 25.1 Å². The van der Waals surface area contributed by atoms with E-state index in [-0.39, 0.29) is 29.6 Å². The number of halogens is 3. The van der Waals surface area contributed by atoms with Crippen molar-refractivity contribution >= 4 is 21.9 Å². The lowest BCUT2D eigenvalue weighted by atomic mass is 10.1. The van der Waals surface area contributed by atoms with Crippen molar-refractivity contribution in [2.24, 2.45) is 0 Å². The summed E-state index contributed by atoms with van der Waals surface area (Å²) in [5, 5.41) is 0.181. The van der Waals surface area contributed by atoms with Gasteiger partial charge in [-0.2, -0.15) is 0 Å². The molecule has 0 aliphatic heterocycles. The third-order valence-electron chi connectivity index (χ3n) is 2.24. The number of hydrogen-bond donors (Lipinski definition) is 1. The number of rotatable bonds is 5. The summed E-state index contributed by atoms with van der Waals surface area (Å²) in [6.45, 7) is 1.84. The van der Waals surface area contributed by atoms with E-state index in [2.05, 4.69) is 20.9 Å². The van der Waals surface area contributed by atoms with E-state index < -0.39 is 23.5 Å². The molecule has 1 heterocycles. The monoisotopic (exact) mass is 323 g/mol. The Morgan fingerprint density at radius 2 is 2.22 bits per heavy atom. The molecule has 0 saturated carbocycles. The van der Waals surface area contributed by atoms with Gasteiger partial charge in [0.1, 0.15) is 0 Å². The van der Waals surface area contributed by atoms with Crippen LogP contribution in [0.5, 0.6) is 0 Å². The van der Waals surface area contributed by atoms with Crippen molar-refractivity contribution in [3.8, 4) is 0 Å². The zero-order valence-corrected chi connectivity index (χ0v) is 11.2. The topological polar surface area (TPSA) is 59.2 Å². The van der Waals surface area contributed by atoms with E-state index >= 15 is 0 Å². The number of hydrogen-bond acceptors (Lipinski definition) is 3. The standard InChI is InChI=1S/C11H12BrF2NO3/c1-2-18-10(17)4-7-6(5-12)9(16)3-8(15-7)11(13)14/h3,11H,2,4-5H2,1H3,(H,15,16). The largest absolute Gasteiger partial charge is 0.466 e. The van der Waals surface area contributed by atoms with E-state index in [1.165, 1.54) is 0 Å². The maximum atomic E-state index is 12.6. The Morgan fingerprint density at radius 1 is 1.56 bits per heavy atom. The number of H-pyrrole nitrogens is 1. The molecule has 7 heteroatoms. The first kappa shape index (κ1) is 14.8. The van der Waals surface area contributed by atoms with Gasteiger partial charge < -0.3 is 9.72 Å². The van der Waals surface area contributed by atoms with E-state index in [1.54, 1.807) is 6.92 Å². The highest BCUT2D eigenvalue weighted by atomic mass is 79.9. The van der Waals surface area contributed by atoms with E-state index in [0.29, 0.717) is 0 Å². The first-order valence-electron chi connectivity index (χ1n) is 5.24. The molecular formula is C11H12BrF2NO3. The molecule has 1 rings (SSSR count). The smallest absolute Gasteiger partial charge is 0.311 e. The lowest BCUT2D eigenvalue weighted by Crippen LogP contribution is -2.18. The molecule has 0 aliphatic rings. The van der Waals surface area contributed by atoms with Gasteiger partial charge in [-0.05, 0) is 6.92 Å². The first-order valence-corrected chi connectivity index (χ1v) is 6.36. The summed E-state index contributed by atoms with van der Waals surface area (Å²) in [7, 11) is 0. The molecule has 1 aromatic rings. The van der Waals surface area contributed by atoms with Crippen LogP contribution in [-0.2, 0) is 21.3 Å². The summed E-state index contributed by atoms with van der Waals surface area (Å²) in [5.74, 6) is -0.568. The minimum atomic E-state index is -2.79. The molecule has 0 aromatic carbocycles. The van der Waals surface area contributed by atoms with Crippen LogP contribution in [0.3, 0.4) is 0 Å². The van der Waals surface area contributed by atoms with Crippen molar-refractivity contribution in [3.63, 3.8) is 0 Å². The Labute approximate surface area is 110 Å². The summed E-state index contributed by atoms with van der Waals surface area (Å²) in [5.41, 5.74) is -0.607. The normalized spacial score (nSPS) is 10.7. The summed E-state index contributed by atoms with van der Waals surface area (Å²) < 4.78 is 29.8. The fourth-order valence-corrected chi connectivity index (χ4v) is 2.05. The molecule has 0 saturated heterocycles. The number of aromatic amines is 1. The zero-order valence-electron chi connectivity index (χ0n) is 9.63. The average Bonchev–Trinajstić information content (AvgIpc) is 2.28. The predicted octanol–water partition coefficient (Wildman–Crippen LogP) is 2.31. The highest BCUT2D eigenvalue weighted by molar-refractivity contribution is 9.08. The van der Waals surface area contributed by atoms with Gasteiger partial charge in [-0.1, -0.05) is 15.9 Å². The molecule has 100 valence electrons. The number of carbonyl (C=O) groups is 1. The van der Waals surface area contributed by atoms with Crippen molar-refractivity contribution in [1.29, 1.82) is 0 Å². The van der Waals surface area contributed by atoms with Crippen molar-refractivity contribution in [3.05, 3.63) is 33.2 Å². The van der Waals surface area contributed by atoms with Gasteiger partial charge in [0.25, 0.3) is 6.43 Å². The van der Waals surface area contributed by atoms with E-state index in [1.807, 2.05) is 0 Å². The molecule has 0 spiro atoms. The molecule has 1 N–H and O–H groups in total. The maximum Gasteiger partial charge on any atom is 0.311 e. The molecule has 4 nitrogen and oxygen atoms in total. The Bertz CT molecular complexity index is 488. The number of esters is 1. The van der Waals surface area contributed by atoms with Crippen molar-refractivity contribution in [1.82, 2.24) is 4.98 Å². The Morgan fingerprint density at radius 3 is 2.72 bits per heavy atom. The zero-order chi connectivity index (χ0) is 13.7. The van der Waals surface area contributed by atoms with Crippen LogP contribution in [0.4, 0.5) is 8.78 Å². The molecule has 0 aliphatic carbocycles. The van der Waals surface area contributed by atoms with E-state index in [4.69, 9.17) is 4.74 Å². The molecular weight excluding hydrogens is 312 g/mol. The summed E-state index contributed by atoms with van der Waals surface area (Å²) in [4.78, 5) is 25.3. The molecule has 0 atom stereocenters. The van der Waals surface area contributed by atoms with E-state index in [9.17, 15) is 18.4 Å². The second kappa shape index (κ2) is 6.63. The third kappa shape index (κ3) is 3.63. The lowest BCUT2D eigenvalue weighted by molar-refractivity contribution is -0.142. The minimum absolute atomic E-state index is 0.160. The van der Waals surface area contributed by atoms with Crippen LogP contribution in [-0.4, -0.2) is 17.6 Å². The third-order valence-corrected chi connectivity index (χ3v) is 2.80. The molecule has 0 fully saturated rings. The number of ether oxygens (including phenoxy) is 1. The van der Waals surface area contributed by atoms with Gasteiger partial charge in [-0.25, -0.2) is 8.78 Å². The summed E-state index contributed by atoms with van der Waals surface area (Å²) in [6.07, 6.45) is -3.02. The van der Waals surface area contributed by atoms with Crippen LogP contribution in [0, 0.1) is 0 Å². The van der Waals surface area contributed by atoms with Gasteiger partial charge in [-0.15, -0.1) is 0 Å². The minimum Gasteiger partial charge on any atom is -0.466 e. The highest BCUT2D eigenvalue weighted by Crippen LogP contribution is 2.17. The number of carbonyl (C=O) groups excluding carboxylic acids is 1.